The molecule has 0 atom stereocenters. The lowest BCUT2D eigenvalue weighted by Gasteiger charge is -2.09. The molecule has 0 bridgehead atoms. The molecule has 0 N–H and O–H groups in total. The van der Waals surface area contributed by atoms with E-state index >= 15 is 0 Å². The zero-order valence-corrected chi connectivity index (χ0v) is 16.7. The van der Waals surface area contributed by atoms with Crippen LogP contribution in [-0.2, 0) is 20.6 Å². The average molecular weight is 408 g/mol. The number of ketones is 1. The second kappa shape index (κ2) is 7.22. The summed E-state index contributed by atoms with van der Waals surface area (Å²) in [4.78, 5) is 37.2. The van der Waals surface area contributed by atoms with Gasteiger partial charge in [-0.2, -0.15) is 0 Å². The molecule has 6 nitrogen and oxygen atoms in total. The molecular weight excluding hydrogens is 390 g/mol. The van der Waals surface area contributed by atoms with Gasteiger partial charge in [-0.1, -0.05) is 35.9 Å². The molecule has 0 unspecified atom stereocenters. The number of aromatic nitrogens is 3. The van der Waals surface area contributed by atoms with Crippen LogP contribution in [0.3, 0.4) is 0 Å². The number of aryl methyl sites for hydroxylation is 1. The molecule has 0 aliphatic carbocycles. The Kier molecular flexibility index (Phi) is 4.72. The van der Waals surface area contributed by atoms with Crippen LogP contribution in [0, 0.1) is 0 Å². The van der Waals surface area contributed by atoms with E-state index in [1.54, 1.807) is 55.7 Å². The highest BCUT2D eigenvalue weighted by atomic mass is 35.5. The Morgan fingerprint density at radius 1 is 0.862 bits per heavy atom. The molecule has 0 spiro atoms. The minimum Gasteiger partial charge on any atom is -0.337 e. The summed E-state index contributed by atoms with van der Waals surface area (Å²) in [5.74, 6) is -0.0801. The summed E-state index contributed by atoms with van der Waals surface area (Å²) in [6.07, 6.45) is 1.79. The first kappa shape index (κ1) is 19.0. The van der Waals surface area contributed by atoms with E-state index in [4.69, 9.17) is 11.6 Å². The summed E-state index contributed by atoms with van der Waals surface area (Å²) in [5.41, 5.74) is 2.46. The summed E-state index contributed by atoms with van der Waals surface area (Å²) >= 11 is 5.88. The first-order valence-electron chi connectivity index (χ1n) is 9.01. The molecule has 4 rings (SSSR count). The number of halogens is 1. The number of rotatable bonds is 4. The van der Waals surface area contributed by atoms with Crippen molar-refractivity contribution in [3.63, 3.8) is 0 Å². The summed E-state index contributed by atoms with van der Waals surface area (Å²) in [7, 11) is 3.12. The highest BCUT2D eigenvalue weighted by molar-refractivity contribution is 6.30. The predicted molar refractivity (Wildman–Crippen MR) is 113 cm³/mol. The molecule has 4 aromatic rings. The topological polar surface area (TPSA) is 66.0 Å². The van der Waals surface area contributed by atoms with Crippen LogP contribution in [0.5, 0.6) is 0 Å². The predicted octanol–water partition coefficient (Wildman–Crippen LogP) is 2.97. The highest BCUT2D eigenvalue weighted by Crippen LogP contribution is 2.16. The minimum atomic E-state index is -0.356. The van der Waals surface area contributed by atoms with Crippen LogP contribution in [0.1, 0.15) is 21.5 Å². The Morgan fingerprint density at radius 2 is 1.45 bits per heavy atom. The molecule has 2 aromatic heterocycles. The third kappa shape index (κ3) is 3.32. The lowest BCUT2D eigenvalue weighted by atomic mass is 10.0. The fourth-order valence-corrected chi connectivity index (χ4v) is 3.52. The molecule has 0 amide bonds. The molecule has 146 valence electrons. The van der Waals surface area contributed by atoms with E-state index in [1.165, 1.54) is 11.6 Å². The Morgan fingerprint density at radius 3 is 2.07 bits per heavy atom. The maximum atomic E-state index is 12.6. The fourth-order valence-electron chi connectivity index (χ4n) is 3.40. The van der Waals surface area contributed by atoms with Crippen molar-refractivity contribution < 1.29 is 4.79 Å². The molecule has 0 saturated heterocycles. The molecule has 2 heterocycles. The molecule has 0 radical (unpaired) electrons. The Bertz CT molecular complexity index is 1340. The zero-order valence-electron chi connectivity index (χ0n) is 15.9. The Balaban J connectivity index is 1.65. The van der Waals surface area contributed by atoms with Gasteiger partial charge in [0.05, 0.1) is 5.52 Å². The third-order valence-electron chi connectivity index (χ3n) is 5.06. The van der Waals surface area contributed by atoms with Gasteiger partial charge < -0.3 is 4.57 Å². The SMILES string of the molecule is Cn1c(=O)c2c(ccn2Cc2ccc(C(=O)c3ccc(Cl)cc3)cc2)n(C)c1=O. The van der Waals surface area contributed by atoms with E-state index in [1.807, 2.05) is 16.7 Å². The maximum Gasteiger partial charge on any atom is 0.331 e. The van der Waals surface area contributed by atoms with Crippen LogP contribution in [0.4, 0.5) is 0 Å². The number of hydrogen-bond donors (Lipinski definition) is 0. The monoisotopic (exact) mass is 407 g/mol. The summed E-state index contributed by atoms with van der Waals surface area (Å²) < 4.78 is 4.38. The van der Waals surface area contributed by atoms with Gasteiger partial charge in [0, 0.05) is 43.0 Å². The number of nitrogens with zero attached hydrogens (tertiary/aromatic N) is 3. The van der Waals surface area contributed by atoms with E-state index in [-0.39, 0.29) is 17.0 Å². The lowest BCUT2D eigenvalue weighted by molar-refractivity contribution is 0.103. The first-order valence-corrected chi connectivity index (χ1v) is 9.38. The van der Waals surface area contributed by atoms with Crippen molar-refractivity contribution in [3.8, 4) is 0 Å². The second-order valence-corrected chi connectivity index (χ2v) is 7.35. The van der Waals surface area contributed by atoms with E-state index in [0.29, 0.717) is 33.7 Å². The van der Waals surface area contributed by atoms with E-state index in [9.17, 15) is 14.4 Å². The van der Waals surface area contributed by atoms with Crippen molar-refractivity contribution >= 4 is 28.4 Å². The van der Waals surface area contributed by atoms with Crippen molar-refractivity contribution in [3.05, 3.63) is 103 Å². The van der Waals surface area contributed by atoms with Crippen LogP contribution in [-0.4, -0.2) is 19.5 Å². The maximum absolute atomic E-state index is 12.6. The summed E-state index contributed by atoms with van der Waals surface area (Å²) in [6, 6.07) is 15.8. The number of fused-ring (bicyclic) bond motifs is 1. The standard InChI is InChI=1S/C22H18ClN3O3/c1-24-18-11-12-26(19(18)21(28)25(2)22(24)29)13-14-3-5-15(6-4-14)20(27)16-7-9-17(23)10-8-16/h3-12H,13H2,1-2H3. The Labute approximate surface area is 171 Å². The van der Waals surface area contributed by atoms with Gasteiger partial charge in [0.25, 0.3) is 5.56 Å². The third-order valence-corrected chi connectivity index (χ3v) is 5.31. The van der Waals surface area contributed by atoms with E-state index in [0.717, 1.165) is 10.1 Å². The lowest BCUT2D eigenvalue weighted by Crippen LogP contribution is -2.37. The van der Waals surface area contributed by atoms with Crippen LogP contribution >= 0.6 is 11.6 Å². The molecule has 0 aliphatic heterocycles. The number of carbonyl (C=O) groups excluding carboxylic acids is 1. The van der Waals surface area contributed by atoms with Crippen molar-refractivity contribution in [2.75, 3.05) is 0 Å². The van der Waals surface area contributed by atoms with Gasteiger partial charge >= 0.3 is 5.69 Å². The second-order valence-electron chi connectivity index (χ2n) is 6.92. The van der Waals surface area contributed by atoms with Gasteiger partial charge in [0.15, 0.2) is 5.78 Å². The van der Waals surface area contributed by atoms with Gasteiger partial charge in [-0.05, 0) is 35.9 Å². The molecule has 0 aliphatic rings. The summed E-state index contributed by atoms with van der Waals surface area (Å²) in [5, 5.41) is 0.583. The first-order chi connectivity index (χ1) is 13.9. The van der Waals surface area contributed by atoms with Crippen molar-refractivity contribution in [2.45, 2.75) is 6.54 Å². The van der Waals surface area contributed by atoms with Crippen LogP contribution in [0.25, 0.3) is 11.0 Å². The zero-order chi connectivity index (χ0) is 20.7. The molecule has 0 fully saturated rings. The average Bonchev–Trinajstić information content (AvgIpc) is 3.15. The van der Waals surface area contributed by atoms with Crippen molar-refractivity contribution in [1.82, 2.24) is 13.7 Å². The van der Waals surface area contributed by atoms with E-state index in [2.05, 4.69) is 0 Å². The molecule has 29 heavy (non-hydrogen) atoms. The van der Waals surface area contributed by atoms with Crippen LogP contribution < -0.4 is 11.2 Å². The van der Waals surface area contributed by atoms with E-state index < -0.39 is 0 Å². The fraction of sp³-hybridized carbons (Fsp3) is 0.136. The van der Waals surface area contributed by atoms with Gasteiger partial charge in [-0.25, -0.2) is 4.79 Å². The molecule has 7 heteroatoms. The van der Waals surface area contributed by atoms with Gasteiger partial charge in [-0.3, -0.25) is 18.7 Å². The van der Waals surface area contributed by atoms with Gasteiger partial charge in [0.2, 0.25) is 0 Å². The van der Waals surface area contributed by atoms with Gasteiger partial charge in [0.1, 0.15) is 5.52 Å². The number of benzene rings is 2. The quantitative estimate of drug-likeness (QED) is 0.488. The highest BCUT2D eigenvalue weighted by Gasteiger charge is 2.13. The Hall–Kier alpha value is -3.38. The van der Waals surface area contributed by atoms with Crippen LogP contribution in [0.2, 0.25) is 5.02 Å². The summed E-state index contributed by atoms with van der Waals surface area (Å²) in [6.45, 7) is 0.451. The largest absolute Gasteiger partial charge is 0.337 e. The normalized spacial score (nSPS) is 11.1. The number of carbonyl (C=O) groups is 1. The van der Waals surface area contributed by atoms with Crippen LogP contribution in [0.15, 0.2) is 70.4 Å². The molecular formula is C22H18ClN3O3. The van der Waals surface area contributed by atoms with Gasteiger partial charge in [-0.15, -0.1) is 0 Å². The van der Waals surface area contributed by atoms with Crippen molar-refractivity contribution in [1.29, 1.82) is 0 Å². The number of hydrogen-bond acceptors (Lipinski definition) is 3. The minimum absolute atomic E-state index is 0.0801. The molecule has 0 saturated carbocycles. The smallest absolute Gasteiger partial charge is 0.331 e. The molecule has 2 aromatic carbocycles. The van der Waals surface area contributed by atoms with Crippen molar-refractivity contribution in [2.24, 2.45) is 14.1 Å².